The van der Waals surface area contributed by atoms with Crippen molar-refractivity contribution in [2.24, 2.45) is 0 Å². The van der Waals surface area contributed by atoms with E-state index in [-0.39, 0.29) is 0 Å². The van der Waals surface area contributed by atoms with Crippen molar-refractivity contribution in [1.29, 1.82) is 0 Å². The predicted molar refractivity (Wildman–Crippen MR) is 98.4 cm³/mol. The molecule has 1 nitrogen and oxygen atoms in total. The molecule has 1 aromatic heterocycles. The van der Waals surface area contributed by atoms with Crippen LogP contribution in [0.5, 0.6) is 0 Å². The Balaban J connectivity index is 1.62. The van der Waals surface area contributed by atoms with Crippen molar-refractivity contribution in [3.8, 4) is 11.1 Å². The van der Waals surface area contributed by atoms with Gasteiger partial charge in [-0.1, -0.05) is 66.2 Å². The number of hydrogen-bond donors (Lipinski definition) is 0. The highest BCUT2D eigenvalue weighted by molar-refractivity contribution is 5.85. The van der Waals surface area contributed by atoms with Crippen LogP contribution >= 0.6 is 0 Å². The van der Waals surface area contributed by atoms with E-state index in [1.54, 1.807) is 0 Å². The summed E-state index contributed by atoms with van der Waals surface area (Å²) in [5, 5.41) is 2.63. The van der Waals surface area contributed by atoms with Crippen LogP contribution in [0.2, 0.25) is 0 Å². The second kappa shape index (κ2) is 5.10. The molecule has 1 aliphatic carbocycles. The first-order valence-electron chi connectivity index (χ1n) is 8.45. The van der Waals surface area contributed by atoms with E-state index in [9.17, 15) is 0 Å². The lowest BCUT2D eigenvalue weighted by Crippen LogP contribution is -2.06. The molecular formula is C23H18O. The molecule has 1 heteroatoms. The minimum atomic E-state index is 0.890. The minimum Gasteiger partial charge on any atom is -0.468 e. The molecule has 3 aromatic carbocycles. The SMILES string of the molecule is Cc1ccc(-c2coc3c2Cc2cc4ccccc4cc2C3)cc1. The normalized spacial score (nSPS) is 12.9. The average molecular weight is 310 g/mol. The lowest BCUT2D eigenvalue weighted by atomic mass is 9.86. The monoisotopic (exact) mass is 310 g/mol. The molecule has 1 aliphatic rings. The topological polar surface area (TPSA) is 13.1 Å². The second-order valence-electron chi connectivity index (χ2n) is 6.74. The van der Waals surface area contributed by atoms with Crippen LogP contribution < -0.4 is 0 Å². The zero-order valence-electron chi connectivity index (χ0n) is 13.7. The number of furan rings is 1. The smallest absolute Gasteiger partial charge is 0.112 e. The highest BCUT2D eigenvalue weighted by atomic mass is 16.3. The van der Waals surface area contributed by atoms with Gasteiger partial charge in [-0.3, -0.25) is 0 Å². The molecule has 1 heterocycles. The maximum absolute atomic E-state index is 5.94. The summed E-state index contributed by atoms with van der Waals surface area (Å²) in [7, 11) is 0. The molecule has 0 saturated heterocycles. The Morgan fingerprint density at radius 3 is 2.17 bits per heavy atom. The number of rotatable bonds is 1. The molecule has 0 aliphatic heterocycles. The molecule has 116 valence electrons. The summed E-state index contributed by atoms with van der Waals surface area (Å²) in [5.41, 5.74) is 7.94. The van der Waals surface area contributed by atoms with Crippen molar-refractivity contribution in [3.63, 3.8) is 0 Å². The summed E-state index contributed by atoms with van der Waals surface area (Å²) in [6, 6.07) is 22.0. The molecule has 5 rings (SSSR count). The Morgan fingerprint density at radius 2 is 1.46 bits per heavy atom. The van der Waals surface area contributed by atoms with Gasteiger partial charge in [0.25, 0.3) is 0 Å². The number of fused-ring (bicyclic) bond motifs is 3. The number of benzene rings is 3. The summed E-state index contributed by atoms with van der Waals surface area (Å²) in [4.78, 5) is 0. The summed E-state index contributed by atoms with van der Waals surface area (Å²) >= 11 is 0. The minimum absolute atomic E-state index is 0.890. The highest BCUT2D eigenvalue weighted by Gasteiger charge is 2.22. The van der Waals surface area contributed by atoms with Gasteiger partial charge in [-0.25, -0.2) is 0 Å². The third kappa shape index (κ3) is 2.09. The van der Waals surface area contributed by atoms with Crippen LogP contribution in [0.4, 0.5) is 0 Å². The fourth-order valence-electron chi connectivity index (χ4n) is 3.77. The van der Waals surface area contributed by atoms with Crippen LogP contribution in [-0.2, 0) is 12.8 Å². The predicted octanol–water partition coefficient (Wildman–Crippen LogP) is 5.90. The van der Waals surface area contributed by atoms with Gasteiger partial charge < -0.3 is 4.42 Å². The fraction of sp³-hybridized carbons (Fsp3) is 0.130. The van der Waals surface area contributed by atoms with E-state index in [4.69, 9.17) is 4.42 Å². The van der Waals surface area contributed by atoms with Crippen LogP contribution in [-0.4, -0.2) is 0 Å². The molecule has 0 spiro atoms. The van der Waals surface area contributed by atoms with Crippen molar-refractivity contribution >= 4 is 10.8 Å². The molecule has 0 radical (unpaired) electrons. The van der Waals surface area contributed by atoms with Gasteiger partial charge in [0.1, 0.15) is 5.76 Å². The lowest BCUT2D eigenvalue weighted by Gasteiger charge is -2.18. The summed E-state index contributed by atoms with van der Waals surface area (Å²) in [6.07, 6.45) is 3.78. The maximum Gasteiger partial charge on any atom is 0.112 e. The first-order chi connectivity index (χ1) is 11.8. The number of hydrogen-bond acceptors (Lipinski definition) is 1. The van der Waals surface area contributed by atoms with Crippen LogP contribution in [0.3, 0.4) is 0 Å². The van der Waals surface area contributed by atoms with Crippen LogP contribution in [0.1, 0.15) is 28.0 Å². The molecule has 0 amide bonds. The third-order valence-corrected chi connectivity index (χ3v) is 5.13. The zero-order valence-corrected chi connectivity index (χ0v) is 13.7. The van der Waals surface area contributed by atoms with E-state index in [0.29, 0.717) is 0 Å². The van der Waals surface area contributed by atoms with E-state index in [0.717, 1.165) is 18.6 Å². The largest absolute Gasteiger partial charge is 0.468 e. The van der Waals surface area contributed by atoms with E-state index in [2.05, 4.69) is 67.6 Å². The fourth-order valence-corrected chi connectivity index (χ4v) is 3.77. The van der Waals surface area contributed by atoms with Crippen molar-refractivity contribution in [3.05, 3.63) is 94.9 Å². The molecule has 0 unspecified atom stereocenters. The van der Waals surface area contributed by atoms with Crippen LogP contribution in [0.25, 0.3) is 21.9 Å². The third-order valence-electron chi connectivity index (χ3n) is 5.13. The van der Waals surface area contributed by atoms with Gasteiger partial charge >= 0.3 is 0 Å². The van der Waals surface area contributed by atoms with Crippen molar-refractivity contribution in [2.75, 3.05) is 0 Å². The van der Waals surface area contributed by atoms with Gasteiger partial charge in [0.05, 0.1) is 6.26 Å². The van der Waals surface area contributed by atoms with Gasteiger partial charge in [-0.15, -0.1) is 0 Å². The second-order valence-corrected chi connectivity index (χ2v) is 6.74. The molecule has 0 atom stereocenters. The molecular weight excluding hydrogens is 292 g/mol. The van der Waals surface area contributed by atoms with E-state index in [1.807, 2.05) is 6.26 Å². The van der Waals surface area contributed by atoms with Gasteiger partial charge in [0.2, 0.25) is 0 Å². The van der Waals surface area contributed by atoms with Gasteiger partial charge in [0, 0.05) is 24.0 Å². The molecule has 0 bridgehead atoms. The Kier molecular flexibility index (Phi) is 2.90. The maximum atomic E-state index is 5.94. The quantitative estimate of drug-likeness (QED) is 0.375. The molecule has 4 aromatic rings. The standard InChI is InChI=1S/C23H18O/c1-15-6-8-16(9-7-15)22-14-24-23-13-20-11-18-5-3-2-4-17(18)10-19(20)12-21(22)23/h2-11,14H,12-13H2,1H3. The lowest BCUT2D eigenvalue weighted by molar-refractivity contribution is 0.513. The van der Waals surface area contributed by atoms with Gasteiger partial charge in [-0.2, -0.15) is 0 Å². The highest BCUT2D eigenvalue weighted by Crippen LogP contribution is 2.37. The molecule has 0 N–H and O–H groups in total. The Labute approximate surface area is 141 Å². The Hall–Kier alpha value is -2.80. The Morgan fingerprint density at radius 1 is 0.792 bits per heavy atom. The average Bonchev–Trinajstić information content (AvgIpc) is 3.01. The molecule has 0 saturated carbocycles. The zero-order chi connectivity index (χ0) is 16.1. The first kappa shape index (κ1) is 13.6. The van der Waals surface area contributed by atoms with Crippen molar-refractivity contribution < 1.29 is 4.42 Å². The van der Waals surface area contributed by atoms with Crippen molar-refractivity contribution in [1.82, 2.24) is 0 Å². The summed E-state index contributed by atoms with van der Waals surface area (Å²) in [6.45, 7) is 2.12. The number of aryl methyl sites for hydroxylation is 1. The van der Waals surface area contributed by atoms with Crippen LogP contribution in [0.15, 0.2) is 71.3 Å². The van der Waals surface area contributed by atoms with Crippen LogP contribution in [0, 0.1) is 6.92 Å². The molecule has 24 heavy (non-hydrogen) atoms. The van der Waals surface area contributed by atoms with Gasteiger partial charge in [0.15, 0.2) is 0 Å². The Bertz CT molecular complexity index is 1050. The van der Waals surface area contributed by atoms with E-state index < -0.39 is 0 Å². The van der Waals surface area contributed by atoms with E-state index in [1.165, 1.54) is 44.2 Å². The van der Waals surface area contributed by atoms with Gasteiger partial charge in [-0.05, 0) is 34.4 Å². The summed E-state index contributed by atoms with van der Waals surface area (Å²) < 4.78 is 5.94. The van der Waals surface area contributed by atoms with Crippen molar-refractivity contribution in [2.45, 2.75) is 19.8 Å². The first-order valence-corrected chi connectivity index (χ1v) is 8.45. The van der Waals surface area contributed by atoms with E-state index >= 15 is 0 Å². The molecule has 0 fully saturated rings. The summed E-state index contributed by atoms with van der Waals surface area (Å²) in [5.74, 6) is 1.12.